The van der Waals surface area contributed by atoms with Crippen molar-refractivity contribution in [3.05, 3.63) is 39.9 Å². The third-order valence-electron chi connectivity index (χ3n) is 5.08. The van der Waals surface area contributed by atoms with Crippen molar-refractivity contribution in [3.63, 3.8) is 0 Å². The van der Waals surface area contributed by atoms with Crippen molar-refractivity contribution in [2.45, 2.75) is 77.6 Å². The minimum absolute atomic E-state index is 0.190. The van der Waals surface area contributed by atoms with Gasteiger partial charge < -0.3 is 14.6 Å². The Labute approximate surface area is 187 Å². The first kappa shape index (κ1) is 25.5. The third-order valence-corrected chi connectivity index (χ3v) is 5.08. The molecule has 4 atom stereocenters. The number of nitrogens with zero attached hydrogens (tertiary/aromatic N) is 1. The van der Waals surface area contributed by atoms with Crippen molar-refractivity contribution >= 4 is 23.4 Å². The first-order valence-electron chi connectivity index (χ1n) is 10.4. The molecule has 0 heterocycles. The van der Waals surface area contributed by atoms with E-state index in [2.05, 4.69) is 0 Å². The second kappa shape index (κ2) is 8.61. The van der Waals surface area contributed by atoms with Crippen LogP contribution in [0.3, 0.4) is 0 Å². The molecule has 9 nitrogen and oxygen atoms in total. The van der Waals surface area contributed by atoms with Crippen LogP contribution < -0.4 is 0 Å². The van der Waals surface area contributed by atoms with Crippen molar-refractivity contribution in [1.82, 2.24) is 0 Å². The Bertz CT molecular complexity index is 905. The molecule has 9 heteroatoms. The maximum Gasteiger partial charge on any atom is 0.317 e. The van der Waals surface area contributed by atoms with Crippen LogP contribution in [0.15, 0.2) is 24.3 Å². The average Bonchev–Trinajstić information content (AvgIpc) is 2.56. The van der Waals surface area contributed by atoms with Gasteiger partial charge in [-0.05, 0) is 54.0 Å². The molecular formula is C23H31NO8. The van der Waals surface area contributed by atoms with Crippen LogP contribution in [-0.4, -0.2) is 44.6 Å². The quantitative estimate of drug-likeness (QED) is 0.320. The number of rotatable bonds is 4. The number of nitro groups is 1. The SMILES string of the molecule is CC(C)(C)OC(=O)[C@@H]1C(=O)C[C@@](C)(O)[C@H](C(=O)OC(C)(C)C)[C@@H]1c1ccc([N+](=O)[O-])cc1. The summed E-state index contributed by atoms with van der Waals surface area (Å²) < 4.78 is 11.0. The Balaban J connectivity index is 2.66. The van der Waals surface area contributed by atoms with Crippen LogP contribution in [0.2, 0.25) is 0 Å². The van der Waals surface area contributed by atoms with E-state index in [1.165, 1.54) is 31.2 Å². The number of carbonyl (C=O) groups excluding carboxylic acids is 3. The first-order chi connectivity index (χ1) is 14.4. The summed E-state index contributed by atoms with van der Waals surface area (Å²) >= 11 is 0. The molecule has 176 valence electrons. The Morgan fingerprint density at radius 3 is 1.94 bits per heavy atom. The van der Waals surface area contributed by atoms with Crippen molar-refractivity contribution in [3.8, 4) is 0 Å². The molecular weight excluding hydrogens is 418 g/mol. The van der Waals surface area contributed by atoms with Gasteiger partial charge in [-0.1, -0.05) is 12.1 Å². The van der Waals surface area contributed by atoms with Crippen LogP contribution in [0.1, 0.15) is 66.4 Å². The Morgan fingerprint density at radius 2 is 1.50 bits per heavy atom. The molecule has 2 rings (SSSR count). The van der Waals surface area contributed by atoms with E-state index >= 15 is 0 Å². The van der Waals surface area contributed by atoms with Gasteiger partial charge >= 0.3 is 11.9 Å². The van der Waals surface area contributed by atoms with Crippen LogP contribution in [0, 0.1) is 22.0 Å². The van der Waals surface area contributed by atoms with Gasteiger partial charge in [-0.3, -0.25) is 24.5 Å². The average molecular weight is 450 g/mol. The monoisotopic (exact) mass is 449 g/mol. The molecule has 32 heavy (non-hydrogen) atoms. The number of hydrogen-bond donors (Lipinski definition) is 1. The zero-order valence-electron chi connectivity index (χ0n) is 19.5. The number of ether oxygens (including phenoxy) is 2. The number of Topliss-reactive ketones (excluding diaryl/α,β-unsaturated/α-hetero) is 1. The van der Waals surface area contributed by atoms with Gasteiger partial charge in [0.1, 0.15) is 17.1 Å². The van der Waals surface area contributed by atoms with E-state index in [-0.39, 0.29) is 5.69 Å². The summed E-state index contributed by atoms with van der Waals surface area (Å²) in [6, 6.07) is 5.21. The Hall–Kier alpha value is -2.81. The molecule has 0 bridgehead atoms. The van der Waals surface area contributed by atoms with E-state index in [1.54, 1.807) is 41.5 Å². The number of carbonyl (C=O) groups is 3. The van der Waals surface area contributed by atoms with Crippen LogP contribution in [-0.2, 0) is 23.9 Å². The molecule has 0 radical (unpaired) electrons. The highest BCUT2D eigenvalue weighted by Crippen LogP contribution is 2.47. The largest absolute Gasteiger partial charge is 0.460 e. The molecule has 1 saturated carbocycles. The van der Waals surface area contributed by atoms with Crippen LogP contribution in [0.5, 0.6) is 0 Å². The molecule has 0 aliphatic heterocycles. The van der Waals surface area contributed by atoms with Gasteiger partial charge in [0.2, 0.25) is 0 Å². The molecule has 0 aromatic heterocycles. The number of aliphatic hydroxyl groups is 1. The standard InChI is InChI=1S/C23H31NO8/c1-21(2,3)31-19(26)17-15(25)12-23(7,28)18(20(27)32-22(4,5)6)16(17)13-8-10-14(11-9-13)24(29)30/h8-11,16-18,28H,12H2,1-7H3/t16-,17-,18+,23-/m1/s1. The highest BCUT2D eigenvalue weighted by molar-refractivity contribution is 6.03. The van der Waals surface area contributed by atoms with Gasteiger partial charge in [-0.25, -0.2) is 0 Å². The van der Waals surface area contributed by atoms with Gasteiger partial charge in [-0.15, -0.1) is 0 Å². The third kappa shape index (κ3) is 5.91. The molecule has 0 spiro atoms. The summed E-state index contributed by atoms with van der Waals surface area (Å²) in [7, 11) is 0. The highest BCUT2D eigenvalue weighted by Gasteiger charge is 2.57. The van der Waals surface area contributed by atoms with Crippen LogP contribution >= 0.6 is 0 Å². The summed E-state index contributed by atoms with van der Waals surface area (Å²) in [6.07, 6.45) is -0.440. The lowest BCUT2D eigenvalue weighted by Crippen LogP contribution is -2.56. The van der Waals surface area contributed by atoms with E-state index in [0.29, 0.717) is 5.56 Å². The fourth-order valence-corrected chi connectivity index (χ4v) is 3.96. The topological polar surface area (TPSA) is 133 Å². The summed E-state index contributed by atoms with van der Waals surface area (Å²) in [4.78, 5) is 49.8. The van der Waals surface area contributed by atoms with Crippen molar-refractivity contribution < 1.29 is 33.9 Å². The number of hydrogen-bond acceptors (Lipinski definition) is 8. The Morgan fingerprint density at radius 1 is 1.03 bits per heavy atom. The van der Waals surface area contributed by atoms with E-state index in [1.807, 2.05) is 0 Å². The normalized spacial score (nSPS) is 26.4. The molecule has 1 aromatic rings. The molecule has 1 aromatic carbocycles. The molecule has 1 fully saturated rings. The lowest BCUT2D eigenvalue weighted by atomic mass is 9.61. The number of esters is 2. The first-order valence-corrected chi connectivity index (χ1v) is 10.4. The van der Waals surface area contributed by atoms with E-state index in [4.69, 9.17) is 9.47 Å². The van der Waals surface area contributed by atoms with Gasteiger partial charge in [0, 0.05) is 24.5 Å². The van der Waals surface area contributed by atoms with Gasteiger partial charge in [0.05, 0.1) is 16.4 Å². The fourth-order valence-electron chi connectivity index (χ4n) is 3.96. The van der Waals surface area contributed by atoms with Crippen LogP contribution in [0.25, 0.3) is 0 Å². The number of benzene rings is 1. The summed E-state index contributed by atoms with van der Waals surface area (Å²) in [5, 5.41) is 22.2. The summed E-state index contributed by atoms with van der Waals surface area (Å²) in [6.45, 7) is 11.3. The fraction of sp³-hybridized carbons (Fsp3) is 0.609. The van der Waals surface area contributed by atoms with Gasteiger partial charge in [-0.2, -0.15) is 0 Å². The predicted molar refractivity (Wildman–Crippen MR) is 115 cm³/mol. The number of nitro benzene ring substituents is 1. The maximum absolute atomic E-state index is 13.2. The minimum atomic E-state index is -1.80. The second-order valence-electron chi connectivity index (χ2n) is 10.4. The minimum Gasteiger partial charge on any atom is -0.460 e. The van der Waals surface area contributed by atoms with E-state index < -0.39 is 63.6 Å². The molecule has 0 unspecified atom stereocenters. The van der Waals surface area contributed by atoms with Crippen molar-refractivity contribution in [1.29, 1.82) is 0 Å². The lowest BCUT2D eigenvalue weighted by molar-refractivity contribution is -0.384. The highest BCUT2D eigenvalue weighted by atomic mass is 16.6. The summed E-state index contributed by atoms with van der Waals surface area (Å²) in [5.41, 5.74) is -3.44. The zero-order valence-corrected chi connectivity index (χ0v) is 19.5. The maximum atomic E-state index is 13.2. The number of ketones is 1. The molecule has 1 N–H and O–H groups in total. The van der Waals surface area contributed by atoms with E-state index in [9.17, 15) is 29.6 Å². The van der Waals surface area contributed by atoms with E-state index in [0.717, 1.165) is 0 Å². The van der Waals surface area contributed by atoms with Gasteiger partial charge in [0.15, 0.2) is 5.78 Å². The van der Waals surface area contributed by atoms with Crippen LogP contribution in [0.4, 0.5) is 5.69 Å². The Kier molecular flexibility index (Phi) is 6.85. The summed E-state index contributed by atoms with van der Waals surface area (Å²) in [5.74, 6) is -5.96. The van der Waals surface area contributed by atoms with Gasteiger partial charge in [0.25, 0.3) is 5.69 Å². The predicted octanol–water partition coefficient (Wildman–Crippen LogP) is 3.32. The molecule has 0 saturated heterocycles. The smallest absolute Gasteiger partial charge is 0.317 e. The molecule has 0 amide bonds. The van der Waals surface area contributed by atoms with Crippen molar-refractivity contribution in [2.24, 2.45) is 11.8 Å². The molecule has 1 aliphatic carbocycles. The number of non-ortho nitro benzene ring substituents is 1. The lowest BCUT2D eigenvalue weighted by Gasteiger charge is -2.44. The van der Waals surface area contributed by atoms with Crippen molar-refractivity contribution in [2.75, 3.05) is 0 Å². The molecule has 1 aliphatic rings. The second-order valence-corrected chi connectivity index (χ2v) is 10.4. The zero-order chi connectivity index (χ0) is 24.6.